The molecule has 0 radical (unpaired) electrons. The number of halogens is 1. The van der Waals surface area contributed by atoms with Gasteiger partial charge in [-0.15, -0.1) is 10.2 Å². The van der Waals surface area contributed by atoms with Crippen LogP contribution in [0.5, 0.6) is 11.5 Å². The summed E-state index contributed by atoms with van der Waals surface area (Å²) in [5.74, 6) is 1.46. The van der Waals surface area contributed by atoms with E-state index in [-0.39, 0.29) is 18.3 Å². The van der Waals surface area contributed by atoms with Gasteiger partial charge in [-0.3, -0.25) is 9.36 Å². The van der Waals surface area contributed by atoms with Crippen LogP contribution in [0.25, 0.3) is 5.69 Å². The number of ether oxygens (including phenoxy) is 2. The van der Waals surface area contributed by atoms with Crippen molar-refractivity contribution in [3.05, 3.63) is 59.4 Å². The zero-order valence-corrected chi connectivity index (χ0v) is 14.5. The van der Waals surface area contributed by atoms with E-state index in [0.29, 0.717) is 27.2 Å². The minimum atomic E-state index is -0.0241. The summed E-state index contributed by atoms with van der Waals surface area (Å²) in [5.41, 5.74) is 1.42. The van der Waals surface area contributed by atoms with Gasteiger partial charge in [0.25, 0.3) is 0 Å². The predicted octanol–water partition coefficient (Wildman–Crippen LogP) is 3.62. The molecule has 0 N–H and O–H groups in total. The number of carbonyl (C=O) groups is 1. The van der Waals surface area contributed by atoms with Crippen LogP contribution in [0.4, 0.5) is 0 Å². The van der Waals surface area contributed by atoms with Crippen molar-refractivity contribution < 1.29 is 14.3 Å². The van der Waals surface area contributed by atoms with E-state index >= 15 is 0 Å². The number of hydrogen-bond donors (Lipinski definition) is 0. The second kappa shape index (κ2) is 6.78. The van der Waals surface area contributed by atoms with E-state index in [4.69, 9.17) is 21.1 Å². The van der Waals surface area contributed by atoms with Crippen LogP contribution < -0.4 is 9.47 Å². The smallest absolute Gasteiger partial charge is 0.231 e. The Hall–Kier alpha value is -2.51. The maximum Gasteiger partial charge on any atom is 0.231 e. The molecule has 1 aromatic heterocycles. The second-order valence-corrected chi connectivity index (χ2v) is 6.62. The van der Waals surface area contributed by atoms with E-state index in [1.54, 1.807) is 35.2 Å². The van der Waals surface area contributed by atoms with Crippen molar-refractivity contribution in [2.45, 2.75) is 5.16 Å². The number of carbonyl (C=O) groups excluding carboxylic acids is 1. The Labute approximate surface area is 152 Å². The van der Waals surface area contributed by atoms with Crippen LogP contribution in [-0.4, -0.2) is 33.1 Å². The molecule has 25 heavy (non-hydrogen) atoms. The van der Waals surface area contributed by atoms with Gasteiger partial charge < -0.3 is 9.47 Å². The van der Waals surface area contributed by atoms with Gasteiger partial charge >= 0.3 is 0 Å². The highest BCUT2D eigenvalue weighted by atomic mass is 35.5. The molecule has 0 atom stereocenters. The number of ketones is 1. The number of thioether (sulfide) groups is 1. The SMILES string of the molecule is O=C(CSc1nncn1-c1cccc(Cl)c1)c1ccc2c(c1)OCO2. The molecule has 8 heteroatoms. The highest BCUT2D eigenvalue weighted by molar-refractivity contribution is 7.99. The summed E-state index contributed by atoms with van der Waals surface area (Å²) in [6, 6.07) is 12.5. The van der Waals surface area contributed by atoms with Crippen LogP contribution in [0.3, 0.4) is 0 Å². The molecule has 0 fully saturated rings. The fraction of sp³-hybridized carbons (Fsp3) is 0.118. The zero-order chi connectivity index (χ0) is 17.2. The van der Waals surface area contributed by atoms with E-state index < -0.39 is 0 Å². The van der Waals surface area contributed by atoms with Crippen LogP contribution in [0, 0.1) is 0 Å². The van der Waals surface area contributed by atoms with Crippen LogP contribution in [0.15, 0.2) is 53.9 Å². The van der Waals surface area contributed by atoms with Gasteiger partial charge in [0.2, 0.25) is 6.79 Å². The Kier molecular flexibility index (Phi) is 4.33. The monoisotopic (exact) mass is 373 g/mol. The summed E-state index contributed by atoms with van der Waals surface area (Å²) in [5, 5.41) is 9.25. The highest BCUT2D eigenvalue weighted by Crippen LogP contribution is 2.33. The molecule has 0 saturated carbocycles. The van der Waals surface area contributed by atoms with E-state index in [0.717, 1.165) is 5.69 Å². The molecule has 3 aromatic rings. The minimum absolute atomic E-state index is 0.0241. The normalized spacial score (nSPS) is 12.4. The van der Waals surface area contributed by atoms with Crippen molar-refractivity contribution in [3.8, 4) is 17.2 Å². The Balaban J connectivity index is 1.49. The van der Waals surface area contributed by atoms with Gasteiger partial charge in [0.15, 0.2) is 22.4 Å². The summed E-state index contributed by atoms with van der Waals surface area (Å²) in [6.45, 7) is 0.185. The summed E-state index contributed by atoms with van der Waals surface area (Å²) in [7, 11) is 0. The van der Waals surface area contributed by atoms with Gasteiger partial charge in [0.1, 0.15) is 6.33 Å². The molecule has 6 nitrogen and oxygen atoms in total. The Morgan fingerprint density at radius 3 is 2.96 bits per heavy atom. The van der Waals surface area contributed by atoms with Gasteiger partial charge in [-0.05, 0) is 36.4 Å². The van der Waals surface area contributed by atoms with Crippen LogP contribution in [0.2, 0.25) is 5.02 Å². The first-order valence-corrected chi connectivity index (χ1v) is 8.79. The summed E-state index contributed by atoms with van der Waals surface area (Å²) in [4.78, 5) is 12.4. The first kappa shape index (κ1) is 16.0. The van der Waals surface area contributed by atoms with Crippen LogP contribution in [0.1, 0.15) is 10.4 Å². The van der Waals surface area contributed by atoms with Crippen molar-refractivity contribution in [2.75, 3.05) is 12.5 Å². The topological polar surface area (TPSA) is 66.2 Å². The highest BCUT2D eigenvalue weighted by Gasteiger charge is 2.17. The van der Waals surface area contributed by atoms with Gasteiger partial charge in [-0.1, -0.05) is 29.4 Å². The number of benzene rings is 2. The molecule has 0 bridgehead atoms. The lowest BCUT2D eigenvalue weighted by Crippen LogP contribution is -2.04. The van der Waals surface area contributed by atoms with Crippen molar-refractivity contribution in [1.82, 2.24) is 14.8 Å². The number of Topliss-reactive ketones (excluding diaryl/α,β-unsaturated/α-hetero) is 1. The number of nitrogens with zero attached hydrogens (tertiary/aromatic N) is 3. The number of rotatable bonds is 5. The minimum Gasteiger partial charge on any atom is -0.454 e. The molecule has 0 spiro atoms. The van der Waals surface area contributed by atoms with E-state index in [1.165, 1.54) is 11.8 Å². The van der Waals surface area contributed by atoms with Crippen molar-refractivity contribution in [2.24, 2.45) is 0 Å². The third kappa shape index (κ3) is 3.33. The average Bonchev–Trinajstić information content (AvgIpc) is 3.28. The Morgan fingerprint density at radius 2 is 2.08 bits per heavy atom. The summed E-state index contributed by atoms with van der Waals surface area (Å²) < 4.78 is 12.4. The Bertz CT molecular complexity index is 944. The van der Waals surface area contributed by atoms with Crippen molar-refractivity contribution >= 4 is 29.1 Å². The molecule has 0 saturated heterocycles. The predicted molar refractivity (Wildman–Crippen MR) is 94.0 cm³/mol. The first-order valence-electron chi connectivity index (χ1n) is 7.42. The van der Waals surface area contributed by atoms with Gasteiger partial charge in [0, 0.05) is 10.6 Å². The van der Waals surface area contributed by atoms with Crippen molar-refractivity contribution in [3.63, 3.8) is 0 Å². The van der Waals surface area contributed by atoms with Crippen LogP contribution in [-0.2, 0) is 0 Å². The number of fused-ring (bicyclic) bond motifs is 1. The standard InChI is InChI=1S/C17H12ClN3O3S/c18-12-2-1-3-13(7-12)21-9-19-20-17(21)25-8-14(22)11-4-5-15-16(6-11)24-10-23-15/h1-7,9H,8,10H2. The second-order valence-electron chi connectivity index (χ2n) is 5.24. The molecule has 1 aliphatic rings. The largest absolute Gasteiger partial charge is 0.454 e. The summed E-state index contributed by atoms with van der Waals surface area (Å²) >= 11 is 7.35. The Morgan fingerprint density at radius 1 is 1.20 bits per heavy atom. The van der Waals surface area contributed by atoms with E-state index in [1.807, 2.05) is 18.2 Å². The molecular formula is C17H12ClN3O3S. The summed E-state index contributed by atoms with van der Waals surface area (Å²) in [6.07, 6.45) is 1.60. The molecule has 0 amide bonds. The van der Waals surface area contributed by atoms with E-state index in [9.17, 15) is 4.79 Å². The number of hydrogen-bond acceptors (Lipinski definition) is 6. The van der Waals surface area contributed by atoms with Gasteiger partial charge in [-0.2, -0.15) is 0 Å². The average molecular weight is 374 g/mol. The molecule has 2 heterocycles. The maximum atomic E-state index is 12.4. The van der Waals surface area contributed by atoms with Crippen LogP contribution >= 0.6 is 23.4 Å². The molecule has 0 aliphatic carbocycles. The lowest BCUT2D eigenvalue weighted by atomic mass is 10.1. The van der Waals surface area contributed by atoms with E-state index in [2.05, 4.69) is 10.2 Å². The number of aromatic nitrogens is 3. The van der Waals surface area contributed by atoms with Gasteiger partial charge in [-0.25, -0.2) is 0 Å². The molecular weight excluding hydrogens is 362 g/mol. The lowest BCUT2D eigenvalue weighted by Gasteiger charge is -2.06. The first-order chi connectivity index (χ1) is 12.2. The quantitative estimate of drug-likeness (QED) is 0.502. The molecule has 2 aromatic carbocycles. The lowest BCUT2D eigenvalue weighted by molar-refractivity contribution is 0.102. The maximum absolute atomic E-state index is 12.4. The fourth-order valence-corrected chi connectivity index (χ4v) is 3.42. The zero-order valence-electron chi connectivity index (χ0n) is 12.9. The van der Waals surface area contributed by atoms with Crippen molar-refractivity contribution in [1.29, 1.82) is 0 Å². The van der Waals surface area contributed by atoms with Gasteiger partial charge in [0.05, 0.1) is 11.4 Å². The molecule has 1 aliphatic heterocycles. The molecule has 0 unspecified atom stereocenters. The fourth-order valence-electron chi connectivity index (χ4n) is 2.41. The third-order valence-corrected chi connectivity index (χ3v) is 4.81. The molecule has 4 rings (SSSR count). The molecule has 126 valence electrons. The third-order valence-electron chi connectivity index (χ3n) is 3.63.